The number of hydrogen-bond acceptors (Lipinski definition) is 3. The van der Waals surface area contributed by atoms with Gasteiger partial charge in [-0.25, -0.2) is 0 Å². The summed E-state index contributed by atoms with van der Waals surface area (Å²) in [4.78, 5) is 21.7. The van der Waals surface area contributed by atoms with Crippen LogP contribution in [-0.2, 0) is 0 Å². The summed E-state index contributed by atoms with van der Waals surface area (Å²) in [5, 5.41) is 3.99. The van der Waals surface area contributed by atoms with Crippen molar-refractivity contribution in [2.24, 2.45) is 0 Å². The Kier molecular flexibility index (Phi) is 3.73. The van der Waals surface area contributed by atoms with Crippen molar-refractivity contribution in [3.63, 3.8) is 0 Å². The topological polar surface area (TPSA) is 54.9 Å². The zero-order chi connectivity index (χ0) is 16.5. The SMILES string of the molecule is C[C@H](NC(=O)c1cc(C2CC2)nc2ccccc12)c1cccnc1. The molecule has 0 saturated heterocycles. The van der Waals surface area contributed by atoms with Gasteiger partial charge in [-0.15, -0.1) is 0 Å². The molecule has 2 heterocycles. The van der Waals surface area contributed by atoms with Crippen molar-refractivity contribution in [2.45, 2.75) is 31.7 Å². The second-order valence-electron chi connectivity index (χ2n) is 6.37. The van der Waals surface area contributed by atoms with Crippen molar-refractivity contribution >= 4 is 16.8 Å². The largest absolute Gasteiger partial charge is 0.345 e. The number of nitrogens with one attached hydrogen (secondary N) is 1. The van der Waals surface area contributed by atoms with Gasteiger partial charge in [0.25, 0.3) is 5.91 Å². The van der Waals surface area contributed by atoms with Crippen LogP contribution in [-0.4, -0.2) is 15.9 Å². The second kappa shape index (κ2) is 6.04. The number of carbonyl (C=O) groups is 1. The van der Waals surface area contributed by atoms with Crippen LogP contribution in [0, 0.1) is 0 Å². The first kappa shape index (κ1) is 14.8. The highest BCUT2D eigenvalue weighted by molar-refractivity contribution is 6.06. The van der Waals surface area contributed by atoms with Crippen LogP contribution in [0.3, 0.4) is 0 Å². The van der Waals surface area contributed by atoms with Crippen molar-refractivity contribution in [2.75, 3.05) is 0 Å². The molecular weight excluding hydrogens is 298 g/mol. The van der Waals surface area contributed by atoms with E-state index >= 15 is 0 Å². The van der Waals surface area contributed by atoms with Gasteiger partial charge in [0.1, 0.15) is 0 Å². The average Bonchev–Trinajstić information content (AvgIpc) is 3.46. The van der Waals surface area contributed by atoms with Gasteiger partial charge in [-0.1, -0.05) is 24.3 Å². The molecule has 0 radical (unpaired) electrons. The number of benzene rings is 1. The van der Waals surface area contributed by atoms with Gasteiger partial charge in [-0.3, -0.25) is 14.8 Å². The number of aromatic nitrogens is 2. The molecule has 24 heavy (non-hydrogen) atoms. The number of nitrogens with zero attached hydrogens (tertiary/aromatic N) is 2. The molecule has 0 aliphatic heterocycles. The van der Waals surface area contributed by atoms with Crippen molar-refractivity contribution in [3.8, 4) is 0 Å². The maximum Gasteiger partial charge on any atom is 0.252 e. The van der Waals surface area contributed by atoms with Gasteiger partial charge in [-0.05, 0) is 43.5 Å². The van der Waals surface area contributed by atoms with E-state index in [2.05, 4.69) is 10.3 Å². The molecule has 120 valence electrons. The Balaban J connectivity index is 1.68. The van der Waals surface area contributed by atoms with E-state index in [4.69, 9.17) is 4.98 Å². The summed E-state index contributed by atoms with van der Waals surface area (Å²) in [7, 11) is 0. The van der Waals surface area contributed by atoms with Gasteiger partial charge in [0, 0.05) is 29.4 Å². The molecule has 1 fully saturated rings. The van der Waals surface area contributed by atoms with E-state index in [1.165, 1.54) is 12.8 Å². The minimum Gasteiger partial charge on any atom is -0.345 e. The van der Waals surface area contributed by atoms with Crippen LogP contribution in [0.5, 0.6) is 0 Å². The number of carbonyl (C=O) groups excluding carboxylic acids is 1. The van der Waals surface area contributed by atoms with Gasteiger partial charge in [0.05, 0.1) is 17.1 Å². The summed E-state index contributed by atoms with van der Waals surface area (Å²) in [5.74, 6) is 0.448. The van der Waals surface area contributed by atoms with Gasteiger partial charge in [0.15, 0.2) is 0 Å². The molecule has 1 aliphatic rings. The maximum absolute atomic E-state index is 12.9. The summed E-state index contributed by atoms with van der Waals surface area (Å²) in [6.45, 7) is 1.97. The highest BCUT2D eigenvalue weighted by Gasteiger charge is 2.27. The molecule has 0 spiro atoms. The Morgan fingerprint density at radius 1 is 1.21 bits per heavy atom. The number of fused-ring (bicyclic) bond motifs is 1. The molecule has 1 amide bonds. The summed E-state index contributed by atoms with van der Waals surface area (Å²) < 4.78 is 0. The van der Waals surface area contributed by atoms with E-state index in [1.54, 1.807) is 12.4 Å². The van der Waals surface area contributed by atoms with Crippen LogP contribution in [0.2, 0.25) is 0 Å². The molecule has 0 bridgehead atoms. The Labute approximate surface area is 141 Å². The molecule has 4 heteroatoms. The first-order chi connectivity index (χ1) is 11.7. The Morgan fingerprint density at radius 2 is 2.04 bits per heavy atom. The van der Waals surface area contributed by atoms with E-state index < -0.39 is 0 Å². The van der Waals surface area contributed by atoms with Crippen LogP contribution >= 0.6 is 0 Å². The third-order valence-corrected chi connectivity index (χ3v) is 4.51. The average molecular weight is 317 g/mol. The lowest BCUT2D eigenvalue weighted by molar-refractivity contribution is 0.0941. The molecule has 0 unspecified atom stereocenters. The minimum atomic E-state index is -0.0949. The number of hydrogen-bond donors (Lipinski definition) is 1. The molecule has 1 saturated carbocycles. The predicted octanol–water partition coefficient (Wildman–Crippen LogP) is 4.00. The molecular formula is C20H19N3O. The lowest BCUT2D eigenvalue weighted by Gasteiger charge is -2.15. The number of para-hydroxylation sites is 1. The van der Waals surface area contributed by atoms with Crippen molar-refractivity contribution < 1.29 is 4.79 Å². The molecule has 4 rings (SSSR count). The third-order valence-electron chi connectivity index (χ3n) is 4.51. The number of amides is 1. The molecule has 2 aromatic heterocycles. The van der Waals surface area contributed by atoms with Crippen molar-refractivity contribution in [1.29, 1.82) is 0 Å². The summed E-state index contributed by atoms with van der Waals surface area (Å²) in [6, 6.07) is 13.6. The summed E-state index contributed by atoms with van der Waals surface area (Å²) in [6.07, 6.45) is 5.85. The van der Waals surface area contributed by atoms with Crippen molar-refractivity contribution in [3.05, 3.63) is 71.7 Å². The Morgan fingerprint density at radius 3 is 2.79 bits per heavy atom. The number of rotatable bonds is 4. The predicted molar refractivity (Wildman–Crippen MR) is 93.8 cm³/mol. The fraction of sp³-hybridized carbons (Fsp3) is 0.250. The van der Waals surface area contributed by atoms with E-state index in [-0.39, 0.29) is 11.9 Å². The molecule has 1 atom stereocenters. The van der Waals surface area contributed by atoms with Crippen molar-refractivity contribution in [1.82, 2.24) is 15.3 Å². The zero-order valence-corrected chi connectivity index (χ0v) is 13.6. The Hall–Kier alpha value is -2.75. The van der Waals surface area contributed by atoms with Crippen LogP contribution in [0.4, 0.5) is 0 Å². The van der Waals surface area contributed by atoms with E-state index in [9.17, 15) is 4.79 Å². The monoisotopic (exact) mass is 317 g/mol. The van der Waals surface area contributed by atoms with Gasteiger partial charge >= 0.3 is 0 Å². The van der Waals surface area contributed by atoms with E-state index in [0.29, 0.717) is 11.5 Å². The molecule has 1 N–H and O–H groups in total. The quantitative estimate of drug-likeness (QED) is 0.791. The van der Waals surface area contributed by atoms with Gasteiger partial charge in [-0.2, -0.15) is 0 Å². The van der Waals surface area contributed by atoms with Crippen LogP contribution in [0.15, 0.2) is 54.9 Å². The molecule has 1 aromatic carbocycles. The normalized spacial score (nSPS) is 15.2. The molecule has 4 nitrogen and oxygen atoms in total. The molecule has 3 aromatic rings. The third kappa shape index (κ3) is 2.87. The minimum absolute atomic E-state index is 0.0631. The molecule has 1 aliphatic carbocycles. The highest BCUT2D eigenvalue weighted by atomic mass is 16.1. The lowest BCUT2D eigenvalue weighted by Crippen LogP contribution is -2.27. The van der Waals surface area contributed by atoms with Crippen LogP contribution in [0.1, 0.15) is 53.3 Å². The highest BCUT2D eigenvalue weighted by Crippen LogP contribution is 2.40. The lowest BCUT2D eigenvalue weighted by atomic mass is 10.0. The number of pyridine rings is 2. The maximum atomic E-state index is 12.9. The van der Waals surface area contributed by atoms with Gasteiger partial charge in [0.2, 0.25) is 0 Å². The first-order valence-corrected chi connectivity index (χ1v) is 8.33. The van der Waals surface area contributed by atoms with Gasteiger partial charge < -0.3 is 5.32 Å². The Bertz CT molecular complexity index is 888. The second-order valence-corrected chi connectivity index (χ2v) is 6.37. The van der Waals surface area contributed by atoms with Crippen LogP contribution in [0.25, 0.3) is 10.9 Å². The smallest absolute Gasteiger partial charge is 0.252 e. The fourth-order valence-corrected chi connectivity index (χ4v) is 2.96. The van der Waals surface area contributed by atoms with E-state index in [1.807, 2.05) is 49.4 Å². The first-order valence-electron chi connectivity index (χ1n) is 8.33. The van der Waals surface area contributed by atoms with E-state index in [0.717, 1.165) is 22.2 Å². The van der Waals surface area contributed by atoms with Crippen LogP contribution < -0.4 is 5.32 Å². The summed E-state index contributed by atoms with van der Waals surface area (Å²) >= 11 is 0. The fourth-order valence-electron chi connectivity index (χ4n) is 2.96. The standard InChI is InChI=1S/C20H19N3O/c1-13(15-5-4-10-21-12-15)22-20(24)17-11-19(14-8-9-14)23-18-7-3-2-6-16(17)18/h2-7,10-14H,8-9H2,1H3,(H,22,24)/t13-/m0/s1. The zero-order valence-electron chi connectivity index (χ0n) is 13.6. The summed E-state index contributed by atoms with van der Waals surface area (Å²) in [5.41, 5.74) is 3.62.